The molecule has 0 saturated heterocycles. The predicted octanol–water partition coefficient (Wildman–Crippen LogP) is 2.38. The molecular weight excluding hydrogens is 298 g/mol. The average molecular weight is 312 g/mol. The van der Waals surface area contributed by atoms with Crippen LogP contribution in [0.15, 0.2) is 47.1 Å². The molecular formula is C14H14ClNO5. The molecule has 3 N–H and O–H groups in total. The molecule has 1 aromatic carbocycles. The number of benzene rings is 1. The fourth-order valence-electron chi connectivity index (χ4n) is 1.35. The van der Waals surface area contributed by atoms with E-state index >= 15 is 0 Å². The van der Waals surface area contributed by atoms with Gasteiger partial charge in [-0.05, 0) is 29.8 Å². The molecule has 0 bridgehead atoms. The summed E-state index contributed by atoms with van der Waals surface area (Å²) in [6, 6.07) is 11.7. The number of rotatable bonds is 4. The topological polar surface area (TPSA) is 99.8 Å². The van der Waals surface area contributed by atoms with Crippen molar-refractivity contribution in [1.29, 1.82) is 0 Å². The minimum absolute atomic E-state index is 0.746. The van der Waals surface area contributed by atoms with Gasteiger partial charge in [0.1, 0.15) is 5.76 Å². The van der Waals surface area contributed by atoms with Gasteiger partial charge >= 0.3 is 11.9 Å². The first kappa shape index (κ1) is 16.7. The Hall–Kier alpha value is -2.31. The lowest BCUT2D eigenvalue weighted by Gasteiger charge is -2.02. The lowest BCUT2D eigenvalue weighted by atomic mass is 10.2. The number of carboxylic acids is 2. The highest BCUT2D eigenvalue weighted by molar-refractivity contribution is 6.30. The van der Waals surface area contributed by atoms with Crippen molar-refractivity contribution in [2.75, 3.05) is 0 Å². The van der Waals surface area contributed by atoms with E-state index in [1.165, 1.54) is 5.56 Å². The number of halogens is 1. The lowest BCUT2D eigenvalue weighted by Crippen LogP contribution is -2.11. The Balaban J connectivity index is 0.000000315. The van der Waals surface area contributed by atoms with Gasteiger partial charge in [-0.25, -0.2) is 9.59 Å². The van der Waals surface area contributed by atoms with E-state index in [2.05, 4.69) is 5.32 Å². The van der Waals surface area contributed by atoms with Gasteiger partial charge < -0.3 is 19.9 Å². The molecule has 6 nitrogen and oxygen atoms in total. The number of hydrogen-bond acceptors (Lipinski definition) is 4. The summed E-state index contributed by atoms with van der Waals surface area (Å²) in [5.41, 5.74) is 1.21. The standard InChI is InChI=1S/C12H12ClNO.C2H2O4/c13-11-5-3-10(4-6-11)8-14-9-12-2-1-7-15-12;3-1(4)2(5)6/h1-7,14H,8-9H2;(H,3,4)(H,5,6). The maximum absolute atomic E-state index is 9.10. The van der Waals surface area contributed by atoms with Crippen LogP contribution >= 0.6 is 11.6 Å². The number of aliphatic carboxylic acids is 2. The summed E-state index contributed by atoms with van der Waals surface area (Å²) in [6.07, 6.45) is 1.68. The minimum Gasteiger partial charge on any atom is -0.473 e. The van der Waals surface area contributed by atoms with Crippen molar-refractivity contribution < 1.29 is 24.2 Å². The molecule has 112 valence electrons. The van der Waals surface area contributed by atoms with E-state index in [9.17, 15) is 0 Å². The number of hydrogen-bond donors (Lipinski definition) is 3. The molecule has 0 fully saturated rings. The van der Waals surface area contributed by atoms with Crippen LogP contribution in [-0.2, 0) is 22.7 Å². The summed E-state index contributed by atoms with van der Waals surface area (Å²) < 4.78 is 5.21. The van der Waals surface area contributed by atoms with Crippen molar-refractivity contribution in [3.05, 3.63) is 59.0 Å². The van der Waals surface area contributed by atoms with Crippen LogP contribution in [0.5, 0.6) is 0 Å². The van der Waals surface area contributed by atoms with Gasteiger partial charge in [0, 0.05) is 11.6 Å². The summed E-state index contributed by atoms with van der Waals surface area (Å²) in [7, 11) is 0. The number of nitrogens with one attached hydrogen (secondary N) is 1. The molecule has 2 aromatic rings. The van der Waals surface area contributed by atoms with Gasteiger partial charge in [-0.15, -0.1) is 0 Å². The summed E-state index contributed by atoms with van der Waals surface area (Å²) in [5, 5.41) is 18.8. The fourth-order valence-corrected chi connectivity index (χ4v) is 1.47. The molecule has 1 heterocycles. The first-order chi connectivity index (χ1) is 9.99. The van der Waals surface area contributed by atoms with Crippen LogP contribution in [0.2, 0.25) is 5.02 Å². The Morgan fingerprint density at radius 1 is 1.05 bits per heavy atom. The molecule has 0 amide bonds. The van der Waals surface area contributed by atoms with E-state index in [0.717, 1.165) is 23.9 Å². The van der Waals surface area contributed by atoms with Gasteiger partial charge in [0.25, 0.3) is 0 Å². The summed E-state index contributed by atoms with van der Waals surface area (Å²) in [6.45, 7) is 1.56. The molecule has 0 aliphatic rings. The molecule has 0 aliphatic heterocycles. The second kappa shape index (κ2) is 8.78. The molecule has 1 aromatic heterocycles. The zero-order valence-electron chi connectivity index (χ0n) is 11.0. The van der Waals surface area contributed by atoms with Crippen molar-refractivity contribution in [3.63, 3.8) is 0 Å². The van der Waals surface area contributed by atoms with Crippen molar-refractivity contribution in [1.82, 2.24) is 5.32 Å². The molecule has 0 spiro atoms. The lowest BCUT2D eigenvalue weighted by molar-refractivity contribution is -0.159. The van der Waals surface area contributed by atoms with E-state index in [-0.39, 0.29) is 0 Å². The van der Waals surface area contributed by atoms with Gasteiger partial charge in [0.2, 0.25) is 0 Å². The molecule has 2 rings (SSSR count). The molecule has 0 aliphatic carbocycles. The van der Waals surface area contributed by atoms with Gasteiger partial charge in [-0.1, -0.05) is 23.7 Å². The Bertz CT molecular complexity index is 554. The SMILES string of the molecule is Clc1ccc(CNCc2ccco2)cc1.O=C(O)C(=O)O. The normalized spacial score (nSPS) is 9.57. The van der Waals surface area contributed by atoms with Crippen molar-refractivity contribution in [2.45, 2.75) is 13.1 Å². The van der Waals surface area contributed by atoms with Gasteiger partial charge in [-0.3, -0.25) is 0 Å². The van der Waals surface area contributed by atoms with E-state index in [1.807, 2.05) is 36.4 Å². The summed E-state index contributed by atoms with van der Waals surface area (Å²) >= 11 is 5.79. The summed E-state index contributed by atoms with van der Waals surface area (Å²) in [5.74, 6) is -2.70. The fraction of sp³-hybridized carbons (Fsp3) is 0.143. The third-order valence-electron chi connectivity index (χ3n) is 2.30. The van der Waals surface area contributed by atoms with Crippen molar-refractivity contribution >= 4 is 23.5 Å². The van der Waals surface area contributed by atoms with Gasteiger partial charge in [-0.2, -0.15) is 0 Å². The quantitative estimate of drug-likeness (QED) is 0.750. The maximum Gasteiger partial charge on any atom is 0.414 e. The van der Waals surface area contributed by atoms with E-state index < -0.39 is 11.9 Å². The van der Waals surface area contributed by atoms with Crippen LogP contribution in [-0.4, -0.2) is 22.2 Å². The minimum atomic E-state index is -1.82. The Morgan fingerprint density at radius 2 is 1.67 bits per heavy atom. The highest BCUT2D eigenvalue weighted by atomic mass is 35.5. The van der Waals surface area contributed by atoms with Crippen LogP contribution < -0.4 is 5.32 Å². The largest absolute Gasteiger partial charge is 0.473 e. The molecule has 21 heavy (non-hydrogen) atoms. The highest BCUT2D eigenvalue weighted by Crippen LogP contribution is 2.09. The van der Waals surface area contributed by atoms with Crippen LogP contribution in [0.1, 0.15) is 11.3 Å². The first-order valence-corrected chi connectivity index (χ1v) is 6.30. The zero-order valence-corrected chi connectivity index (χ0v) is 11.7. The third-order valence-corrected chi connectivity index (χ3v) is 2.56. The van der Waals surface area contributed by atoms with Gasteiger partial charge in [0.15, 0.2) is 0 Å². The zero-order chi connectivity index (χ0) is 15.7. The van der Waals surface area contributed by atoms with E-state index in [0.29, 0.717) is 0 Å². The third kappa shape index (κ3) is 7.14. The second-order valence-electron chi connectivity index (χ2n) is 3.92. The Kier molecular flexibility index (Phi) is 7.00. The molecule has 0 radical (unpaired) electrons. The average Bonchev–Trinajstić information content (AvgIpc) is 2.95. The monoisotopic (exact) mass is 311 g/mol. The van der Waals surface area contributed by atoms with Gasteiger partial charge in [0.05, 0.1) is 12.8 Å². The first-order valence-electron chi connectivity index (χ1n) is 5.93. The van der Waals surface area contributed by atoms with Crippen LogP contribution in [0.25, 0.3) is 0 Å². The van der Waals surface area contributed by atoms with E-state index in [1.54, 1.807) is 6.26 Å². The molecule has 7 heteroatoms. The molecule has 0 saturated carbocycles. The number of furan rings is 1. The van der Waals surface area contributed by atoms with Crippen molar-refractivity contribution in [3.8, 4) is 0 Å². The number of carbonyl (C=O) groups is 2. The summed E-state index contributed by atoms with van der Waals surface area (Å²) in [4.78, 5) is 18.2. The van der Waals surface area contributed by atoms with E-state index in [4.69, 9.17) is 35.8 Å². The highest BCUT2D eigenvalue weighted by Gasteiger charge is 2.04. The van der Waals surface area contributed by atoms with Crippen LogP contribution in [0, 0.1) is 0 Å². The molecule has 0 atom stereocenters. The Labute approximate surface area is 126 Å². The van der Waals surface area contributed by atoms with Crippen LogP contribution in [0.3, 0.4) is 0 Å². The predicted molar refractivity (Wildman–Crippen MR) is 76.0 cm³/mol. The molecule has 0 unspecified atom stereocenters. The smallest absolute Gasteiger partial charge is 0.414 e. The maximum atomic E-state index is 9.10. The van der Waals surface area contributed by atoms with Crippen LogP contribution in [0.4, 0.5) is 0 Å². The number of carboxylic acid groups (broad SMARTS) is 2. The second-order valence-corrected chi connectivity index (χ2v) is 4.36. The van der Waals surface area contributed by atoms with Crippen molar-refractivity contribution in [2.24, 2.45) is 0 Å². The Morgan fingerprint density at radius 3 is 2.14 bits per heavy atom.